The van der Waals surface area contributed by atoms with E-state index >= 15 is 0 Å². The zero-order valence-corrected chi connectivity index (χ0v) is 21.0. The summed E-state index contributed by atoms with van der Waals surface area (Å²) in [6, 6.07) is 0. The molecule has 4 bridgehead atoms. The average molecular weight is 608 g/mol. The third-order valence-electron chi connectivity index (χ3n) is 7.91. The topological polar surface area (TPSA) is 52.6 Å². The normalized spacial score (nSPS) is 28.0. The highest BCUT2D eigenvalue weighted by Crippen LogP contribution is 2.45. The van der Waals surface area contributed by atoms with Crippen LogP contribution in [-0.2, 0) is 9.59 Å². The fourth-order valence-electron chi connectivity index (χ4n) is 5.80. The van der Waals surface area contributed by atoms with Crippen molar-refractivity contribution >= 4 is 11.9 Å². The van der Waals surface area contributed by atoms with Crippen LogP contribution in [0.2, 0.25) is 0 Å². The minimum atomic E-state index is -2.40. The molecule has 0 saturated heterocycles. The van der Waals surface area contributed by atoms with Gasteiger partial charge in [0.25, 0.3) is 0 Å². The van der Waals surface area contributed by atoms with Crippen LogP contribution in [0.1, 0.15) is 25.7 Å². The fourth-order valence-corrected chi connectivity index (χ4v) is 5.80. The van der Waals surface area contributed by atoms with E-state index in [9.17, 15) is 53.5 Å². The second kappa shape index (κ2) is 11.1. The van der Waals surface area contributed by atoms with Crippen molar-refractivity contribution in [2.75, 3.05) is 0 Å². The number of esters is 2. The van der Waals surface area contributed by atoms with Crippen molar-refractivity contribution in [1.29, 1.82) is 0 Å². The molecule has 0 amide bonds. The van der Waals surface area contributed by atoms with Gasteiger partial charge in [-0.25, -0.2) is 26.3 Å². The molecule has 4 nitrogen and oxygen atoms in total. The van der Waals surface area contributed by atoms with Crippen LogP contribution < -0.4 is 9.47 Å². The monoisotopic (exact) mass is 608 g/mol. The zero-order chi connectivity index (χ0) is 30.6. The van der Waals surface area contributed by atoms with Gasteiger partial charge in [-0.3, -0.25) is 9.59 Å². The van der Waals surface area contributed by atoms with Crippen molar-refractivity contribution in [2.24, 2.45) is 35.5 Å². The second-order valence-electron chi connectivity index (χ2n) is 10.4. The van der Waals surface area contributed by atoms with Crippen LogP contribution in [0.25, 0.3) is 0 Å². The number of ether oxygens (including phenoxy) is 2. The van der Waals surface area contributed by atoms with E-state index in [1.54, 1.807) is 24.3 Å². The Morgan fingerprint density at radius 1 is 0.452 bits per heavy atom. The van der Waals surface area contributed by atoms with E-state index in [1.165, 1.54) is 0 Å². The Balaban J connectivity index is 1.33. The number of fused-ring (bicyclic) bond motifs is 4. The van der Waals surface area contributed by atoms with Crippen molar-refractivity contribution in [1.82, 2.24) is 0 Å². The molecule has 2 saturated carbocycles. The molecule has 0 spiro atoms. The number of hydrogen-bond acceptors (Lipinski definition) is 4. The van der Waals surface area contributed by atoms with Gasteiger partial charge < -0.3 is 9.47 Å². The van der Waals surface area contributed by atoms with Crippen LogP contribution in [-0.4, -0.2) is 11.9 Å². The van der Waals surface area contributed by atoms with E-state index < -0.39 is 105 Å². The molecular formula is C28H18F10O4. The Kier molecular flexibility index (Phi) is 7.84. The summed E-state index contributed by atoms with van der Waals surface area (Å²) in [5.41, 5.74) is 0. The molecule has 3 aliphatic rings. The number of allylic oxidation sites excluding steroid dienone is 4. The Morgan fingerprint density at radius 2 is 0.738 bits per heavy atom. The van der Waals surface area contributed by atoms with E-state index in [4.69, 9.17) is 0 Å². The van der Waals surface area contributed by atoms with Crippen LogP contribution in [0.5, 0.6) is 11.5 Å². The molecule has 0 heterocycles. The Labute approximate surface area is 230 Å². The highest BCUT2D eigenvalue weighted by atomic mass is 19.2. The second-order valence-corrected chi connectivity index (χ2v) is 10.4. The SMILES string of the molecule is O=C(Oc1c(F)c(F)c(F)c(F)c1F)C1CC2/C=C\C3CC(/C=C\C1C2)CC3C(=O)Oc1c(F)c(F)c(F)c(F)c1F. The first-order valence-corrected chi connectivity index (χ1v) is 12.6. The van der Waals surface area contributed by atoms with E-state index in [2.05, 4.69) is 9.47 Å². The first-order valence-electron chi connectivity index (χ1n) is 12.6. The lowest BCUT2D eigenvalue weighted by Gasteiger charge is -2.17. The van der Waals surface area contributed by atoms with Crippen LogP contribution in [0.15, 0.2) is 24.3 Å². The molecule has 224 valence electrons. The van der Waals surface area contributed by atoms with Crippen molar-refractivity contribution in [3.63, 3.8) is 0 Å². The van der Waals surface area contributed by atoms with E-state index in [0.717, 1.165) is 0 Å². The average Bonchev–Trinajstić information content (AvgIpc) is 3.57. The molecule has 0 aliphatic heterocycles. The third kappa shape index (κ3) is 5.04. The molecule has 2 aromatic rings. The minimum Gasteiger partial charge on any atom is -0.420 e. The van der Waals surface area contributed by atoms with Gasteiger partial charge in [-0.05, 0) is 49.4 Å². The van der Waals surface area contributed by atoms with Gasteiger partial charge in [-0.1, -0.05) is 24.3 Å². The Hall–Kier alpha value is -3.84. The predicted octanol–water partition coefficient (Wildman–Crippen LogP) is 7.00. The number of carbonyl (C=O) groups excluding carboxylic acids is 2. The lowest BCUT2D eigenvalue weighted by molar-refractivity contribution is -0.141. The molecule has 0 radical (unpaired) electrons. The van der Waals surface area contributed by atoms with Crippen LogP contribution in [0, 0.1) is 93.7 Å². The van der Waals surface area contributed by atoms with Gasteiger partial charge in [-0.15, -0.1) is 0 Å². The lowest BCUT2D eigenvalue weighted by atomic mass is 9.93. The zero-order valence-electron chi connectivity index (χ0n) is 21.0. The first kappa shape index (κ1) is 29.6. The molecule has 0 aromatic heterocycles. The maximum absolute atomic E-state index is 14.0. The quantitative estimate of drug-likeness (QED) is 0.0938. The van der Waals surface area contributed by atoms with E-state index in [1.807, 2.05) is 0 Å². The molecule has 6 atom stereocenters. The van der Waals surface area contributed by atoms with Crippen molar-refractivity contribution < 1.29 is 63.0 Å². The van der Waals surface area contributed by atoms with Gasteiger partial charge in [-0.2, -0.15) is 17.6 Å². The van der Waals surface area contributed by atoms with E-state index in [-0.39, 0.29) is 24.7 Å². The predicted molar refractivity (Wildman–Crippen MR) is 121 cm³/mol. The molecule has 14 heteroatoms. The fraction of sp³-hybridized carbons (Fsp3) is 0.357. The van der Waals surface area contributed by atoms with Crippen LogP contribution >= 0.6 is 0 Å². The van der Waals surface area contributed by atoms with E-state index in [0.29, 0.717) is 12.8 Å². The molecule has 5 rings (SSSR count). The molecule has 3 aliphatic carbocycles. The molecule has 2 aromatic carbocycles. The summed E-state index contributed by atoms with van der Waals surface area (Å²) in [7, 11) is 0. The van der Waals surface area contributed by atoms with Gasteiger partial charge >= 0.3 is 11.9 Å². The summed E-state index contributed by atoms with van der Waals surface area (Å²) in [5.74, 6) is -32.8. The minimum absolute atomic E-state index is 0.0524. The number of hydrogen-bond donors (Lipinski definition) is 0. The van der Waals surface area contributed by atoms with Crippen molar-refractivity contribution in [2.45, 2.75) is 25.7 Å². The maximum Gasteiger partial charge on any atom is 0.315 e. The third-order valence-corrected chi connectivity index (χ3v) is 7.91. The van der Waals surface area contributed by atoms with Gasteiger partial charge in [0.2, 0.25) is 69.7 Å². The standard InChI is InChI=1S/C28H18F10O4/c29-15-17(31)21(35)25(22(36)18(15)32)41-27(39)13-7-9-1-3-11-6-10(2-4-12(13)5-9)8-14(11)28(40)42-26-23(37)19(33)16(30)20(34)24(26)38/h1-4,9-14H,5-8H2/b3-1-,4-2-. The van der Waals surface area contributed by atoms with Crippen molar-refractivity contribution in [3.8, 4) is 11.5 Å². The molecule has 0 N–H and O–H groups in total. The summed E-state index contributed by atoms with van der Waals surface area (Å²) in [4.78, 5) is 25.6. The molecule has 2 fully saturated rings. The highest BCUT2D eigenvalue weighted by molar-refractivity contribution is 5.77. The first-order chi connectivity index (χ1) is 19.8. The van der Waals surface area contributed by atoms with Crippen LogP contribution in [0.3, 0.4) is 0 Å². The number of carbonyl (C=O) groups is 2. The highest BCUT2D eigenvalue weighted by Gasteiger charge is 2.43. The van der Waals surface area contributed by atoms with Crippen LogP contribution in [0.4, 0.5) is 43.9 Å². The maximum atomic E-state index is 14.0. The molecule has 6 unspecified atom stereocenters. The molecule has 42 heavy (non-hydrogen) atoms. The lowest BCUT2D eigenvalue weighted by Crippen LogP contribution is -2.25. The summed E-state index contributed by atoms with van der Waals surface area (Å²) in [5, 5.41) is 0. The van der Waals surface area contributed by atoms with Gasteiger partial charge in [0.15, 0.2) is 0 Å². The summed E-state index contributed by atoms with van der Waals surface area (Å²) in [6.45, 7) is 0. The number of halogens is 10. The molecular weight excluding hydrogens is 590 g/mol. The Bertz CT molecular complexity index is 1370. The number of rotatable bonds is 4. The van der Waals surface area contributed by atoms with Gasteiger partial charge in [0, 0.05) is 0 Å². The van der Waals surface area contributed by atoms with Gasteiger partial charge in [0.05, 0.1) is 11.8 Å². The summed E-state index contributed by atoms with van der Waals surface area (Å²) < 4.78 is 146. The summed E-state index contributed by atoms with van der Waals surface area (Å²) in [6.07, 6.45) is 7.24. The van der Waals surface area contributed by atoms with Crippen molar-refractivity contribution in [3.05, 3.63) is 82.5 Å². The van der Waals surface area contributed by atoms with Gasteiger partial charge in [0.1, 0.15) is 0 Å². The smallest absolute Gasteiger partial charge is 0.315 e. The largest absolute Gasteiger partial charge is 0.420 e. The summed E-state index contributed by atoms with van der Waals surface area (Å²) >= 11 is 0. The Morgan fingerprint density at radius 3 is 1.05 bits per heavy atom. The number of benzene rings is 2.